The van der Waals surface area contributed by atoms with E-state index < -0.39 is 17.9 Å². The number of hydrogen-bond donors (Lipinski definition) is 3. The summed E-state index contributed by atoms with van der Waals surface area (Å²) < 4.78 is 5.41. The van der Waals surface area contributed by atoms with Crippen molar-refractivity contribution in [2.45, 2.75) is 31.7 Å². The van der Waals surface area contributed by atoms with E-state index in [0.29, 0.717) is 26.1 Å². The molecule has 3 aliphatic rings. The second kappa shape index (κ2) is 8.26. The average Bonchev–Trinajstić information content (AvgIpc) is 3.52. The second-order valence-corrected chi connectivity index (χ2v) is 8.54. The second-order valence-electron chi connectivity index (χ2n) is 8.54. The Labute approximate surface area is 171 Å². The van der Waals surface area contributed by atoms with Crippen molar-refractivity contribution in [2.24, 2.45) is 11.3 Å². The van der Waals surface area contributed by atoms with E-state index >= 15 is 0 Å². The fourth-order valence-electron chi connectivity index (χ4n) is 4.78. The van der Waals surface area contributed by atoms with Crippen molar-refractivity contribution in [3.63, 3.8) is 0 Å². The van der Waals surface area contributed by atoms with E-state index in [-0.39, 0.29) is 11.3 Å². The van der Waals surface area contributed by atoms with Crippen LogP contribution < -0.4 is 10.8 Å². The van der Waals surface area contributed by atoms with E-state index in [2.05, 4.69) is 17.4 Å². The van der Waals surface area contributed by atoms with Gasteiger partial charge in [-0.25, -0.2) is 5.48 Å². The highest BCUT2D eigenvalue weighted by Crippen LogP contribution is 2.52. The number of carbonyl (C=O) groups is 2. The van der Waals surface area contributed by atoms with Crippen LogP contribution in [0.15, 0.2) is 35.9 Å². The Balaban J connectivity index is 1.53. The van der Waals surface area contributed by atoms with Crippen LogP contribution in [0.3, 0.4) is 0 Å². The van der Waals surface area contributed by atoms with Gasteiger partial charge in [-0.05, 0) is 47.8 Å². The van der Waals surface area contributed by atoms with Gasteiger partial charge in [0.05, 0.1) is 18.6 Å². The number of nitrogens with zero attached hydrogens (tertiary/aromatic N) is 1. The molecule has 7 heteroatoms. The summed E-state index contributed by atoms with van der Waals surface area (Å²) in [6.45, 7) is 2.32. The Bertz CT molecular complexity index is 804. The third-order valence-electron chi connectivity index (χ3n) is 6.62. The first-order valence-electron chi connectivity index (χ1n) is 10.3. The van der Waals surface area contributed by atoms with Crippen molar-refractivity contribution in [3.8, 4) is 0 Å². The van der Waals surface area contributed by atoms with Crippen LogP contribution >= 0.6 is 0 Å². The molecule has 156 valence electrons. The van der Waals surface area contributed by atoms with Crippen LogP contribution in [0.1, 0.15) is 31.2 Å². The molecule has 7 nitrogen and oxygen atoms in total. The summed E-state index contributed by atoms with van der Waals surface area (Å²) in [7, 11) is 1.66. The summed E-state index contributed by atoms with van der Waals surface area (Å²) >= 11 is 0. The van der Waals surface area contributed by atoms with Crippen molar-refractivity contribution in [1.82, 2.24) is 15.7 Å². The van der Waals surface area contributed by atoms with Crippen LogP contribution in [0.5, 0.6) is 0 Å². The van der Waals surface area contributed by atoms with E-state index in [1.165, 1.54) is 5.57 Å². The van der Waals surface area contributed by atoms with Crippen molar-refractivity contribution >= 4 is 17.4 Å². The molecule has 0 bridgehead atoms. The van der Waals surface area contributed by atoms with Crippen LogP contribution in [0.2, 0.25) is 0 Å². The highest BCUT2D eigenvalue weighted by molar-refractivity contribution is 5.91. The van der Waals surface area contributed by atoms with Gasteiger partial charge in [-0.1, -0.05) is 30.3 Å². The Morgan fingerprint density at radius 3 is 2.72 bits per heavy atom. The average molecular weight is 399 g/mol. The third kappa shape index (κ3) is 4.08. The summed E-state index contributed by atoms with van der Waals surface area (Å²) in [4.78, 5) is 27.4. The lowest BCUT2D eigenvalue weighted by Crippen LogP contribution is -2.59. The fraction of sp³-hybridized carbons (Fsp3) is 0.545. The molecule has 0 aromatic heterocycles. The molecule has 1 aromatic rings. The number of nitrogens with one attached hydrogen (secondary N) is 2. The molecule has 2 heterocycles. The molecule has 1 aromatic carbocycles. The minimum absolute atomic E-state index is 0.0742. The van der Waals surface area contributed by atoms with Crippen molar-refractivity contribution < 1.29 is 19.5 Å². The van der Waals surface area contributed by atoms with Crippen LogP contribution in [-0.4, -0.2) is 61.3 Å². The van der Waals surface area contributed by atoms with E-state index in [1.807, 2.05) is 23.1 Å². The molecule has 1 aliphatic carbocycles. The van der Waals surface area contributed by atoms with Crippen LogP contribution in [0.4, 0.5) is 0 Å². The number of hydrogen-bond acceptors (Lipinski definition) is 5. The molecule has 0 unspecified atom stereocenters. The van der Waals surface area contributed by atoms with Gasteiger partial charge in [-0.3, -0.25) is 14.8 Å². The van der Waals surface area contributed by atoms with Gasteiger partial charge in [-0.2, -0.15) is 0 Å². The standard InChI is InChI=1S/C22H29N3O4/c1-29-13-16-12-25(10-7-17(16)15-5-3-2-4-6-15)21(27)19-18(20(26)24-28)11-22(8-9-22)14-23-19/h2-6,18-19,23,28H,7-14H2,1H3,(H,24,26)/t18-,19-/m0/s1. The first-order chi connectivity index (χ1) is 14.1. The molecule has 3 N–H and O–H groups in total. The van der Waals surface area contributed by atoms with Crippen molar-refractivity contribution in [3.05, 3.63) is 41.5 Å². The first kappa shape index (κ1) is 20.1. The van der Waals surface area contributed by atoms with Crippen LogP contribution in [0.25, 0.3) is 5.57 Å². The zero-order valence-electron chi connectivity index (χ0n) is 16.8. The lowest BCUT2D eigenvalue weighted by atomic mass is 9.81. The summed E-state index contributed by atoms with van der Waals surface area (Å²) in [5.41, 5.74) is 5.38. The Morgan fingerprint density at radius 1 is 1.31 bits per heavy atom. The van der Waals surface area contributed by atoms with Gasteiger partial charge in [-0.15, -0.1) is 0 Å². The maximum absolute atomic E-state index is 13.3. The molecule has 2 aliphatic heterocycles. The van der Waals surface area contributed by atoms with Gasteiger partial charge >= 0.3 is 0 Å². The first-order valence-corrected chi connectivity index (χ1v) is 10.3. The SMILES string of the molecule is COCC1=C(c2ccccc2)CCN(C(=O)[C@H]2NCC3(CC3)C[C@@H]2C(=O)NO)C1. The monoisotopic (exact) mass is 399 g/mol. The molecule has 2 fully saturated rings. The summed E-state index contributed by atoms with van der Waals surface area (Å²) in [5, 5.41) is 12.5. The highest BCUT2D eigenvalue weighted by Gasteiger charge is 2.52. The van der Waals surface area contributed by atoms with Gasteiger partial charge in [0.25, 0.3) is 0 Å². The number of amides is 2. The number of ether oxygens (including phenoxy) is 1. The predicted molar refractivity (Wildman–Crippen MR) is 108 cm³/mol. The lowest BCUT2D eigenvalue weighted by Gasteiger charge is -2.39. The number of piperidine rings is 1. The van der Waals surface area contributed by atoms with Crippen molar-refractivity contribution in [2.75, 3.05) is 33.4 Å². The summed E-state index contributed by atoms with van der Waals surface area (Å²) in [5.74, 6) is -1.10. The van der Waals surface area contributed by atoms with Gasteiger partial charge in [0, 0.05) is 26.7 Å². The quantitative estimate of drug-likeness (QED) is 0.517. The van der Waals surface area contributed by atoms with Crippen molar-refractivity contribution in [1.29, 1.82) is 0 Å². The van der Waals surface area contributed by atoms with E-state index in [1.54, 1.807) is 12.6 Å². The Hall–Kier alpha value is -2.22. The molecule has 2 amide bonds. The smallest absolute Gasteiger partial charge is 0.248 e. The molecule has 1 saturated carbocycles. The fourth-order valence-corrected chi connectivity index (χ4v) is 4.78. The van der Waals surface area contributed by atoms with Gasteiger partial charge in [0.15, 0.2) is 0 Å². The lowest BCUT2D eigenvalue weighted by molar-refractivity contribution is -0.144. The predicted octanol–water partition coefficient (Wildman–Crippen LogP) is 1.58. The molecule has 0 radical (unpaired) electrons. The molecule has 4 rings (SSSR count). The number of hydroxylamine groups is 1. The van der Waals surface area contributed by atoms with E-state index in [0.717, 1.165) is 36.9 Å². The normalized spacial score (nSPS) is 25.8. The molecular weight excluding hydrogens is 370 g/mol. The Kier molecular flexibility index (Phi) is 5.72. The molecular formula is C22H29N3O4. The summed E-state index contributed by atoms with van der Waals surface area (Å²) in [6.07, 6.45) is 3.54. The van der Waals surface area contributed by atoms with Gasteiger partial charge in [0.1, 0.15) is 0 Å². The molecule has 1 saturated heterocycles. The highest BCUT2D eigenvalue weighted by atomic mass is 16.5. The number of benzene rings is 1. The van der Waals surface area contributed by atoms with Crippen LogP contribution in [-0.2, 0) is 14.3 Å². The number of rotatable bonds is 5. The van der Waals surface area contributed by atoms with Crippen LogP contribution in [0, 0.1) is 11.3 Å². The molecule has 1 spiro atoms. The molecule has 2 atom stereocenters. The summed E-state index contributed by atoms with van der Waals surface area (Å²) in [6, 6.07) is 9.59. The molecule has 29 heavy (non-hydrogen) atoms. The zero-order valence-corrected chi connectivity index (χ0v) is 16.8. The van der Waals surface area contributed by atoms with Gasteiger partial charge in [0.2, 0.25) is 11.8 Å². The number of methoxy groups -OCH3 is 1. The van der Waals surface area contributed by atoms with E-state index in [4.69, 9.17) is 4.74 Å². The van der Waals surface area contributed by atoms with E-state index in [9.17, 15) is 14.8 Å². The number of carbonyl (C=O) groups excluding carboxylic acids is 2. The maximum Gasteiger partial charge on any atom is 0.248 e. The largest absolute Gasteiger partial charge is 0.380 e. The topological polar surface area (TPSA) is 90.9 Å². The Morgan fingerprint density at radius 2 is 2.07 bits per heavy atom. The maximum atomic E-state index is 13.3. The minimum Gasteiger partial charge on any atom is -0.380 e. The zero-order chi connectivity index (χ0) is 20.4. The minimum atomic E-state index is -0.601. The van der Waals surface area contributed by atoms with Gasteiger partial charge < -0.3 is 15.0 Å². The third-order valence-corrected chi connectivity index (χ3v) is 6.62.